The standard InChI is InChI=1S/C16H23ClFN3O/c1-12(11-21-7-3-2-4-8-21)10-19-16(22)20-15-6-5-13(18)9-14(15)17/h5-6,9,12H,2-4,7-8,10-11H2,1H3,(H2,19,20,22). The van der Waals surface area contributed by atoms with Gasteiger partial charge in [0.1, 0.15) is 5.82 Å². The van der Waals surface area contributed by atoms with Crippen molar-refractivity contribution in [3.8, 4) is 0 Å². The smallest absolute Gasteiger partial charge is 0.319 e. The van der Waals surface area contributed by atoms with Gasteiger partial charge in [0, 0.05) is 13.1 Å². The highest BCUT2D eigenvalue weighted by molar-refractivity contribution is 6.33. The Labute approximate surface area is 136 Å². The van der Waals surface area contributed by atoms with Gasteiger partial charge in [-0.1, -0.05) is 24.9 Å². The van der Waals surface area contributed by atoms with Gasteiger partial charge in [0.2, 0.25) is 0 Å². The van der Waals surface area contributed by atoms with E-state index in [0.717, 1.165) is 19.6 Å². The van der Waals surface area contributed by atoms with Crippen molar-refractivity contribution in [3.05, 3.63) is 29.0 Å². The van der Waals surface area contributed by atoms with Crippen LogP contribution in [0.5, 0.6) is 0 Å². The third kappa shape index (κ3) is 5.46. The summed E-state index contributed by atoms with van der Waals surface area (Å²) in [5.41, 5.74) is 0.407. The number of likely N-dealkylation sites (tertiary alicyclic amines) is 1. The minimum absolute atomic E-state index is 0.191. The van der Waals surface area contributed by atoms with Crippen molar-refractivity contribution in [2.75, 3.05) is 31.5 Å². The zero-order valence-electron chi connectivity index (χ0n) is 12.9. The van der Waals surface area contributed by atoms with Crippen molar-refractivity contribution in [1.29, 1.82) is 0 Å². The monoisotopic (exact) mass is 327 g/mol. The maximum atomic E-state index is 12.9. The van der Waals surface area contributed by atoms with E-state index in [1.165, 1.54) is 37.5 Å². The molecule has 0 saturated carbocycles. The van der Waals surface area contributed by atoms with E-state index in [1.54, 1.807) is 0 Å². The maximum absolute atomic E-state index is 12.9. The van der Waals surface area contributed by atoms with Crippen LogP contribution in [-0.2, 0) is 0 Å². The Kier molecular flexibility index (Phi) is 6.46. The van der Waals surface area contributed by atoms with Crippen LogP contribution >= 0.6 is 11.6 Å². The molecule has 1 aliphatic heterocycles. The van der Waals surface area contributed by atoms with Gasteiger partial charge in [0.15, 0.2) is 0 Å². The Balaban J connectivity index is 1.72. The molecule has 6 heteroatoms. The third-order valence-corrected chi connectivity index (χ3v) is 4.12. The first-order chi connectivity index (χ1) is 10.5. The minimum atomic E-state index is -0.425. The zero-order chi connectivity index (χ0) is 15.9. The van der Waals surface area contributed by atoms with Crippen LogP contribution in [0.4, 0.5) is 14.9 Å². The molecule has 4 nitrogen and oxygen atoms in total. The quantitative estimate of drug-likeness (QED) is 0.865. The van der Waals surface area contributed by atoms with Gasteiger partial charge in [-0.05, 0) is 50.0 Å². The molecule has 2 amide bonds. The molecule has 1 aromatic rings. The number of carbonyl (C=O) groups excluding carboxylic acids is 1. The average molecular weight is 328 g/mol. The first-order valence-corrected chi connectivity index (χ1v) is 8.14. The summed E-state index contributed by atoms with van der Waals surface area (Å²) >= 11 is 5.88. The molecule has 2 N–H and O–H groups in total. The summed E-state index contributed by atoms with van der Waals surface area (Å²) < 4.78 is 12.9. The molecule has 0 aromatic heterocycles. The van der Waals surface area contributed by atoms with Gasteiger partial charge >= 0.3 is 6.03 Å². The molecule has 1 heterocycles. The van der Waals surface area contributed by atoms with Crippen LogP contribution in [0.3, 0.4) is 0 Å². The van der Waals surface area contributed by atoms with Crippen molar-refractivity contribution < 1.29 is 9.18 Å². The summed E-state index contributed by atoms with van der Waals surface area (Å²) in [6.07, 6.45) is 3.86. The normalized spacial score (nSPS) is 17.0. The lowest BCUT2D eigenvalue weighted by atomic mass is 10.1. The number of hydrogen-bond acceptors (Lipinski definition) is 2. The number of amides is 2. The predicted octanol–water partition coefficient (Wildman–Crippen LogP) is 3.72. The van der Waals surface area contributed by atoms with E-state index >= 15 is 0 Å². The number of urea groups is 1. The van der Waals surface area contributed by atoms with E-state index in [2.05, 4.69) is 22.5 Å². The summed E-state index contributed by atoms with van der Waals surface area (Å²) in [6.45, 7) is 6.03. The van der Waals surface area contributed by atoms with E-state index in [4.69, 9.17) is 11.6 Å². The molecule has 0 aliphatic carbocycles. The summed E-state index contributed by atoms with van der Waals surface area (Å²) in [5, 5.41) is 5.66. The Hall–Kier alpha value is -1.33. The molecule has 0 radical (unpaired) electrons. The summed E-state index contributed by atoms with van der Waals surface area (Å²) in [6, 6.07) is 3.57. The molecule has 122 valence electrons. The number of halogens is 2. The molecular weight excluding hydrogens is 305 g/mol. The third-order valence-electron chi connectivity index (χ3n) is 3.81. The van der Waals surface area contributed by atoms with Gasteiger partial charge in [0.05, 0.1) is 10.7 Å². The molecule has 22 heavy (non-hydrogen) atoms. The number of anilines is 1. The average Bonchev–Trinajstić information content (AvgIpc) is 2.49. The number of nitrogens with one attached hydrogen (secondary N) is 2. The van der Waals surface area contributed by atoms with E-state index in [0.29, 0.717) is 18.2 Å². The van der Waals surface area contributed by atoms with Crippen LogP contribution in [0.15, 0.2) is 18.2 Å². The fraction of sp³-hybridized carbons (Fsp3) is 0.562. The highest BCUT2D eigenvalue weighted by atomic mass is 35.5. The largest absolute Gasteiger partial charge is 0.338 e. The lowest BCUT2D eigenvalue weighted by molar-refractivity contribution is 0.198. The highest BCUT2D eigenvalue weighted by Crippen LogP contribution is 2.22. The van der Waals surface area contributed by atoms with Gasteiger partial charge < -0.3 is 15.5 Å². The van der Waals surface area contributed by atoms with Crippen LogP contribution in [0.25, 0.3) is 0 Å². The van der Waals surface area contributed by atoms with Gasteiger partial charge in [-0.15, -0.1) is 0 Å². The van der Waals surface area contributed by atoms with Crippen LogP contribution in [0.1, 0.15) is 26.2 Å². The second kappa shape index (κ2) is 8.34. The van der Waals surface area contributed by atoms with Crippen LogP contribution in [-0.4, -0.2) is 37.1 Å². The number of benzene rings is 1. The number of carbonyl (C=O) groups is 1. The number of hydrogen-bond donors (Lipinski definition) is 2. The fourth-order valence-electron chi connectivity index (χ4n) is 2.67. The Morgan fingerprint density at radius 3 is 2.77 bits per heavy atom. The second-order valence-corrected chi connectivity index (χ2v) is 6.33. The molecule has 1 unspecified atom stereocenters. The summed E-state index contributed by atoms with van der Waals surface area (Å²) in [4.78, 5) is 14.3. The Bertz CT molecular complexity index is 506. The van der Waals surface area contributed by atoms with Crippen LogP contribution in [0.2, 0.25) is 5.02 Å². The molecular formula is C16H23ClFN3O. The summed E-state index contributed by atoms with van der Waals surface area (Å²) in [7, 11) is 0. The molecule has 1 saturated heterocycles. The topological polar surface area (TPSA) is 44.4 Å². The van der Waals surface area contributed by atoms with Gasteiger partial charge in [-0.3, -0.25) is 0 Å². The molecule has 1 atom stereocenters. The molecule has 2 rings (SSSR count). The zero-order valence-corrected chi connectivity index (χ0v) is 13.6. The van der Waals surface area contributed by atoms with E-state index in [1.807, 2.05) is 0 Å². The number of rotatable bonds is 5. The lowest BCUT2D eigenvalue weighted by Gasteiger charge is -2.29. The molecule has 1 fully saturated rings. The van der Waals surface area contributed by atoms with E-state index in [-0.39, 0.29) is 11.1 Å². The lowest BCUT2D eigenvalue weighted by Crippen LogP contribution is -2.39. The number of nitrogens with zero attached hydrogens (tertiary/aromatic N) is 1. The van der Waals surface area contributed by atoms with Crippen LogP contribution < -0.4 is 10.6 Å². The maximum Gasteiger partial charge on any atom is 0.319 e. The molecule has 0 spiro atoms. The molecule has 0 bridgehead atoms. The van der Waals surface area contributed by atoms with Crippen molar-refractivity contribution in [2.45, 2.75) is 26.2 Å². The Morgan fingerprint density at radius 1 is 1.36 bits per heavy atom. The fourth-order valence-corrected chi connectivity index (χ4v) is 2.89. The van der Waals surface area contributed by atoms with Crippen molar-refractivity contribution in [2.24, 2.45) is 5.92 Å². The van der Waals surface area contributed by atoms with E-state index in [9.17, 15) is 9.18 Å². The highest BCUT2D eigenvalue weighted by Gasteiger charge is 2.14. The van der Waals surface area contributed by atoms with Gasteiger partial charge in [0.25, 0.3) is 0 Å². The molecule has 1 aliphatic rings. The van der Waals surface area contributed by atoms with Crippen molar-refractivity contribution in [3.63, 3.8) is 0 Å². The molecule has 1 aromatic carbocycles. The number of piperidine rings is 1. The van der Waals surface area contributed by atoms with Gasteiger partial charge in [-0.2, -0.15) is 0 Å². The second-order valence-electron chi connectivity index (χ2n) is 5.93. The van der Waals surface area contributed by atoms with Gasteiger partial charge in [-0.25, -0.2) is 9.18 Å². The van der Waals surface area contributed by atoms with Crippen LogP contribution in [0, 0.1) is 11.7 Å². The predicted molar refractivity (Wildman–Crippen MR) is 87.9 cm³/mol. The first-order valence-electron chi connectivity index (χ1n) is 7.77. The van der Waals surface area contributed by atoms with Crippen molar-refractivity contribution in [1.82, 2.24) is 10.2 Å². The van der Waals surface area contributed by atoms with E-state index < -0.39 is 5.82 Å². The SMILES string of the molecule is CC(CNC(=O)Nc1ccc(F)cc1Cl)CN1CCCCC1. The Morgan fingerprint density at radius 2 is 2.09 bits per heavy atom. The first kappa shape index (κ1) is 17.0. The minimum Gasteiger partial charge on any atom is -0.338 e. The summed E-state index contributed by atoms with van der Waals surface area (Å²) in [5.74, 6) is -0.0429. The van der Waals surface area contributed by atoms with Crippen molar-refractivity contribution >= 4 is 23.3 Å².